The lowest BCUT2D eigenvalue weighted by Gasteiger charge is -2.21. The number of hydrogen-bond acceptors (Lipinski definition) is 2. The molecule has 0 unspecified atom stereocenters. The Morgan fingerprint density at radius 1 is 0.667 bits per heavy atom. The van der Waals surface area contributed by atoms with Gasteiger partial charge in [-0.15, -0.1) is 0 Å². The van der Waals surface area contributed by atoms with E-state index in [1.54, 1.807) is 0 Å². The number of nitrogens with one attached hydrogen (secondary N) is 1. The van der Waals surface area contributed by atoms with Crippen molar-refractivity contribution in [1.82, 2.24) is 10.2 Å². The Morgan fingerprint density at radius 2 is 1.08 bits per heavy atom. The molecule has 0 bridgehead atoms. The van der Waals surface area contributed by atoms with Gasteiger partial charge in [0.25, 0.3) is 0 Å². The first kappa shape index (κ1) is 22.0. The molecule has 2 nitrogen and oxygen atoms in total. The highest BCUT2D eigenvalue weighted by molar-refractivity contribution is 4.68. The van der Waals surface area contributed by atoms with E-state index in [1.807, 2.05) is 0 Å². The zero-order chi connectivity index (χ0) is 17.3. The molecule has 0 saturated heterocycles. The molecule has 1 aliphatic carbocycles. The van der Waals surface area contributed by atoms with Gasteiger partial charge in [-0.1, -0.05) is 90.9 Å². The van der Waals surface area contributed by atoms with Gasteiger partial charge in [0.05, 0.1) is 0 Å². The summed E-state index contributed by atoms with van der Waals surface area (Å²) in [6.07, 6.45) is 21.7. The van der Waals surface area contributed by atoms with Crippen molar-refractivity contribution < 1.29 is 0 Å². The van der Waals surface area contributed by atoms with Crippen molar-refractivity contribution in [2.24, 2.45) is 0 Å². The summed E-state index contributed by atoms with van der Waals surface area (Å²) in [5, 5.41) is 3.89. The van der Waals surface area contributed by atoms with E-state index in [2.05, 4.69) is 24.1 Å². The van der Waals surface area contributed by atoms with Crippen molar-refractivity contribution in [3.63, 3.8) is 0 Å². The molecule has 0 aromatic heterocycles. The molecule has 0 heterocycles. The van der Waals surface area contributed by atoms with Gasteiger partial charge in [-0.2, -0.15) is 0 Å². The first-order valence-corrected chi connectivity index (χ1v) is 11.3. The average Bonchev–Trinajstić information content (AvgIpc) is 2.61. The molecule has 1 N–H and O–H groups in total. The molecule has 0 aromatic carbocycles. The summed E-state index contributed by atoms with van der Waals surface area (Å²) < 4.78 is 0. The minimum Gasteiger partial charge on any atom is -0.314 e. The number of nitrogens with zero attached hydrogens (tertiary/aromatic N) is 1. The first-order chi connectivity index (χ1) is 11.9. The van der Waals surface area contributed by atoms with E-state index in [9.17, 15) is 0 Å². The zero-order valence-corrected chi connectivity index (χ0v) is 17.0. The Kier molecular flexibility index (Phi) is 15.0. The van der Waals surface area contributed by atoms with Crippen LogP contribution in [0.2, 0.25) is 0 Å². The molecular formula is C22H46N2. The van der Waals surface area contributed by atoms with E-state index in [4.69, 9.17) is 0 Å². The summed E-state index contributed by atoms with van der Waals surface area (Å²) in [5.41, 5.74) is 0. The Balaban J connectivity index is 2.21. The quantitative estimate of drug-likeness (QED) is 0.560. The molecule has 2 heteroatoms. The second-order valence-corrected chi connectivity index (χ2v) is 7.85. The van der Waals surface area contributed by atoms with Crippen LogP contribution in [0, 0.1) is 0 Å². The second kappa shape index (κ2) is 16.4. The molecule has 1 saturated carbocycles. The van der Waals surface area contributed by atoms with Crippen molar-refractivity contribution in [3.8, 4) is 0 Å². The third-order valence-corrected chi connectivity index (χ3v) is 5.83. The van der Waals surface area contributed by atoms with E-state index >= 15 is 0 Å². The Hall–Kier alpha value is -0.0800. The summed E-state index contributed by atoms with van der Waals surface area (Å²) in [6, 6.07) is 0.784. The van der Waals surface area contributed by atoms with Gasteiger partial charge in [-0.05, 0) is 45.4 Å². The van der Waals surface area contributed by atoms with E-state index in [0.29, 0.717) is 0 Å². The minimum absolute atomic E-state index is 0.784. The fourth-order valence-corrected chi connectivity index (χ4v) is 4.05. The topological polar surface area (TPSA) is 15.3 Å². The summed E-state index contributed by atoms with van der Waals surface area (Å²) >= 11 is 0. The van der Waals surface area contributed by atoms with Crippen molar-refractivity contribution in [2.45, 2.75) is 116 Å². The van der Waals surface area contributed by atoms with Gasteiger partial charge in [0.15, 0.2) is 0 Å². The number of rotatable bonds is 7. The lowest BCUT2D eigenvalue weighted by atomic mass is 10.0. The molecule has 144 valence electrons. The van der Waals surface area contributed by atoms with Gasteiger partial charge in [-0.3, -0.25) is 0 Å². The Labute approximate surface area is 153 Å². The molecule has 0 aromatic rings. The molecule has 0 aliphatic heterocycles. The molecule has 0 radical (unpaired) electrons. The summed E-state index contributed by atoms with van der Waals surface area (Å²) in [5.74, 6) is 0. The third kappa shape index (κ3) is 12.3. The lowest BCUT2D eigenvalue weighted by molar-refractivity contribution is 0.293. The standard InChI is InChI=1S/C22H46N2/c1-3-24(4-2)21-17-20-23-22-18-15-13-11-9-7-5-6-8-10-12-14-16-19-22/h22-23H,3-21H2,1-2H3. The maximum Gasteiger partial charge on any atom is 0.00670 e. The van der Waals surface area contributed by atoms with Crippen LogP contribution in [0.3, 0.4) is 0 Å². The number of hydrogen-bond donors (Lipinski definition) is 1. The minimum atomic E-state index is 0.784. The second-order valence-electron chi connectivity index (χ2n) is 7.85. The summed E-state index contributed by atoms with van der Waals surface area (Å²) in [4.78, 5) is 2.54. The largest absolute Gasteiger partial charge is 0.314 e. The fourth-order valence-electron chi connectivity index (χ4n) is 4.05. The Morgan fingerprint density at radius 3 is 1.50 bits per heavy atom. The highest BCUT2D eigenvalue weighted by atomic mass is 15.1. The fraction of sp³-hybridized carbons (Fsp3) is 1.00. The van der Waals surface area contributed by atoms with E-state index in [0.717, 1.165) is 6.04 Å². The first-order valence-electron chi connectivity index (χ1n) is 11.3. The maximum absolute atomic E-state index is 3.89. The normalized spacial score (nSPS) is 20.6. The molecule has 1 rings (SSSR count). The summed E-state index contributed by atoms with van der Waals surface area (Å²) in [7, 11) is 0. The van der Waals surface area contributed by atoms with Crippen molar-refractivity contribution in [3.05, 3.63) is 0 Å². The van der Waals surface area contributed by atoms with Crippen molar-refractivity contribution in [1.29, 1.82) is 0 Å². The van der Waals surface area contributed by atoms with Crippen LogP contribution in [-0.2, 0) is 0 Å². The van der Waals surface area contributed by atoms with Gasteiger partial charge in [0.2, 0.25) is 0 Å². The SMILES string of the molecule is CCN(CC)CCCNC1CCCCCCCCCCCCCC1. The van der Waals surface area contributed by atoms with Crippen LogP contribution in [0.4, 0.5) is 0 Å². The molecule has 1 aliphatic rings. The van der Waals surface area contributed by atoms with E-state index in [1.165, 1.54) is 122 Å². The summed E-state index contributed by atoms with van der Waals surface area (Å²) in [6.45, 7) is 9.40. The predicted molar refractivity (Wildman–Crippen MR) is 109 cm³/mol. The van der Waals surface area contributed by atoms with Gasteiger partial charge >= 0.3 is 0 Å². The van der Waals surface area contributed by atoms with Gasteiger partial charge < -0.3 is 10.2 Å². The lowest BCUT2D eigenvalue weighted by Crippen LogP contribution is -2.33. The maximum atomic E-state index is 3.89. The van der Waals surface area contributed by atoms with Crippen molar-refractivity contribution >= 4 is 0 Å². The van der Waals surface area contributed by atoms with Crippen LogP contribution in [-0.4, -0.2) is 37.1 Å². The van der Waals surface area contributed by atoms with Crippen molar-refractivity contribution in [2.75, 3.05) is 26.2 Å². The smallest absolute Gasteiger partial charge is 0.00670 e. The highest BCUT2D eigenvalue weighted by Gasteiger charge is 2.08. The van der Waals surface area contributed by atoms with Gasteiger partial charge in [0, 0.05) is 6.04 Å². The third-order valence-electron chi connectivity index (χ3n) is 5.83. The average molecular weight is 339 g/mol. The van der Waals surface area contributed by atoms with Gasteiger partial charge in [-0.25, -0.2) is 0 Å². The molecule has 0 spiro atoms. The molecular weight excluding hydrogens is 292 g/mol. The monoisotopic (exact) mass is 338 g/mol. The van der Waals surface area contributed by atoms with Gasteiger partial charge in [0.1, 0.15) is 0 Å². The predicted octanol–water partition coefficient (Wildman–Crippen LogP) is 6.15. The van der Waals surface area contributed by atoms with Crippen LogP contribution < -0.4 is 5.32 Å². The van der Waals surface area contributed by atoms with E-state index < -0.39 is 0 Å². The molecule has 24 heavy (non-hydrogen) atoms. The van der Waals surface area contributed by atoms with Crippen LogP contribution in [0.15, 0.2) is 0 Å². The molecule has 0 amide bonds. The van der Waals surface area contributed by atoms with Crippen LogP contribution in [0.5, 0.6) is 0 Å². The highest BCUT2D eigenvalue weighted by Crippen LogP contribution is 2.17. The Bertz CT molecular complexity index is 234. The van der Waals surface area contributed by atoms with Crippen LogP contribution in [0.1, 0.15) is 110 Å². The van der Waals surface area contributed by atoms with Crippen LogP contribution in [0.25, 0.3) is 0 Å². The zero-order valence-electron chi connectivity index (χ0n) is 17.0. The van der Waals surface area contributed by atoms with Crippen LogP contribution >= 0.6 is 0 Å². The van der Waals surface area contributed by atoms with E-state index in [-0.39, 0.29) is 0 Å². The molecule has 0 atom stereocenters. The molecule has 1 fully saturated rings.